The number of carbonyl (C=O) groups is 1. The number of carbonyl (C=O) groups excluding carboxylic acids is 1. The molecule has 2 aliphatic rings. The zero-order valence-electron chi connectivity index (χ0n) is 15.9. The predicted octanol–water partition coefficient (Wildman–Crippen LogP) is 1.10. The summed E-state index contributed by atoms with van der Waals surface area (Å²) in [5.74, 6) is 0.264. The summed E-state index contributed by atoms with van der Waals surface area (Å²) in [5.41, 5.74) is 2.62. The minimum Gasteiger partial charge on any atom is -0.340 e. The number of benzene rings is 1. The van der Waals surface area contributed by atoms with Crippen LogP contribution < -0.4 is 0 Å². The molecule has 0 spiro atoms. The van der Waals surface area contributed by atoms with Gasteiger partial charge in [-0.05, 0) is 30.2 Å². The molecule has 1 amide bonds. The second kappa shape index (κ2) is 6.24. The lowest BCUT2D eigenvalue weighted by molar-refractivity contribution is -0.129. The number of likely N-dealkylation sites (tertiary alicyclic amines) is 1. The fourth-order valence-electron chi connectivity index (χ4n) is 4.25. The molecule has 0 bridgehead atoms. The van der Waals surface area contributed by atoms with Gasteiger partial charge < -0.3 is 9.42 Å². The van der Waals surface area contributed by atoms with Gasteiger partial charge in [-0.1, -0.05) is 11.2 Å². The van der Waals surface area contributed by atoms with E-state index in [4.69, 9.17) is 4.52 Å². The third-order valence-corrected chi connectivity index (χ3v) is 7.90. The minimum absolute atomic E-state index is 0.0249. The van der Waals surface area contributed by atoms with Crippen LogP contribution in [0.15, 0.2) is 40.0 Å². The molecule has 0 aliphatic carbocycles. The molecule has 150 valence electrons. The van der Waals surface area contributed by atoms with Crippen LogP contribution in [0.4, 0.5) is 0 Å². The molecule has 2 atom stereocenters. The van der Waals surface area contributed by atoms with Crippen molar-refractivity contribution in [2.24, 2.45) is 7.05 Å². The molecule has 1 aromatic carbocycles. The van der Waals surface area contributed by atoms with E-state index in [1.54, 1.807) is 28.8 Å². The molecule has 9 nitrogen and oxygen atoms in total. The van der Waals surface area contributed by atoms with Crippen molar-refractivity contribution in [3.05, 3.63) is 47.9 Å². The zero-order chi connectivity index (χ0) is 20.3. The Hall–Kier alpha value is -3.01. The summed E-state index contributed by atoms with van der Waals surface area (Å²) in [6.45, 7) is 2.22. The van der Waals surface area contributed by atoms with E-state index in [1.165, 1.54) is 0 Å². The lowest BCUT2D eigenvalue weighted by Crippen LogP contribution is -2.32. The largest absolute Gasteiger partial charge is 0.340 e. The van der Waals surface area contributed by atoms with Crippen LogP contribution in [0.2, 0.25) is 0 Å². The number of aryl methyl sites for hydroxylation is 2. The van der Waals surface area contributed by atoms with Gasteiger partial charge in [0.2, 0.25) is 11.8 Å². The first-order chi connectivity index (χ1) is 13.8. The smallest absolute Gasteiger partial charge is 0.236 e. The van der Waals surface area contributed by atoms with Crippen molar-refractivity contribution in [1.29, 1.82) is 0 Å². The summed E-state index contributed by atoms with van der Waals surface area (Å²) in [6, 6.07) is 5.41. The predicted molar refractivity (Wildman–Crippen MR) is 102 cm³/mol. The first kappa shape index (κ1) is 18.0. The number of hydrogen-bond acceptors (Lipinski definition) is 7. The lowest BCUT2D eigenvalue weighted by Gasteiger charge is -2.17. The number of amides is 1. The van der Waals surface area contributed by atoms with Gasteiger partial charge in [0.1, 0.15) is 6.42 Å². The summed E-state index contributed by atoms with van der Waals surface area (Å²) in [5, 5.41) is 7.26. The Morgan fingerprint density at radius 1 is 1.28 bits per heavy atom. The molecule has 29 heavy (non-hydrogen) atoms. The van der Waals surface area contributed by atoms with Crippen LogP contribution in [-0.4, -0.2) is 57.5 Å². The van der Waals surface area contributed by atoms with Gasteiger partial charge in [-0.3, -0.25) is 9.48 Å². The Morgan fingerprint density at radius 3 is 2.79 bits per heavy atom. The Bertz CT molecular complexity index is 1230. The summed E-state index contributed by atoms with van der Waals surface area (Å²) in [6.07, 6.45) is 3.61. The van der Waals surface area contributed by atoms with E-state index in [2.05, 4.69) is 15.2 Å². The van der Waals surface area contributed by atoms with Crippen LogP contribution in [0.25, 0.3) is 11.1 Å². The Balaban J connectivity index is 1.44. The highest BCUT2D eigenvalue weighted by Gasteiger charge is 2.51. The van der Waals surface area contributed by atoms with Gasteiger partial charge >= 0.3 is 0 Å². The Labute approximate surface area is 167 Å². The number of rotatable bonds is 3. The first-order valence-corrected chi connectivity index (χ1v) is 10.8. The monoisotopic (exact) mass is 413 g/mol. The summed E-state index contributed by atoms with van der Waals surface area (Å²) < 4.78 is 32.8. The summed E-state index contributed by atoms with van der Waals surface area (Å²) in [4.78, 5) is 18.7. The second-order valence-electron chi connectivity index (χ2n) is 7.56. The first-order valence-electron chi connectivity index (χ1n) is 9.27. The van der Waals surface area contributed by atoms with E-state index in [1.807, 2.05) is 25.4 Å². The number of nitrogens with zero attached hydrogens (tertiary/aromatic N) is 5. The number of aromatic nitrogens is 4. The van der Waals surface area contributed by atoms with Crippen LogP contribution in [-0.2, 0) is 28.1 Å². The fourth-order valence-corrected chi connectivity index (χ4v) is 6.42. The van der Waals surface area contributed by atoms with Crippen molar-refractivity contribution in [3.8, 4) is 11.1 Å². The van der Waals surface area contributed by atoms with E-state index in [0.29, 0.717) is 17.3 Å². The lowest BCUT2D eigenvalue weighted by atomic mass is 9.95. The molecule has 0 saturated carbocycles. The Kier molecular flexibility index (Phi) is 3.89. The van der Waals surface area contributed by atoms with Gasteiger partial charge in [-0.2, -0.15) is 10.1 Å². The third kappa shape index (κ3) is 2.86. The summed E-state index contributed by atoms with van der Waals surface area (Å²) in [7, 11) is -1.64. The third-order valence-electron chi connectivity index (χ3n) is 5.64. The highest BCUT2D eigenvalue weighted by molar-refractivity contribution is 7.92. The van der Waals surface area contributed by atoms with Crippen molar-refractivity contribution in [2.75, 3.05) is 13.1 Å². The second-order valence-corrected chi connectivity index (χ2v) is 9.69. The maximum atomic E-state index is 13.1. The molecule has 2 aromatic heterocycles. The maximum Gasteiger partial charge on any atom is 0.236 e. The molecule has 0 N–H and O–H groups in total. The van der Waals surface area contributed by atoms with E-state index in [0.717, 1.165) is 16.7 Å². The van der Waals surface area contributed by atoms with Crippen LogP contribution in [0.1, 0.15) is 23.2 Å². The molecule has 1 fully saturated rings. The van der Waals surface area contributed by atoms with E-state index in [9.17, 15) is 13.2 Å². The highest BCUT2D eigenvalue weighted by atomic mass is 32.2. The van der Waals surface area contributed by atoms with Gasteiger partial charge in [-0.15, -0.1) is 0 Å². The fraction of sp³-hybridized carbons (Fsp3) is 0.368. The van der Waals surface area contributed by atoms with Crippen molar-refractivity contribution in [3.63, 3.8) is 0 Å². The molecule has 4 heterocycles. The zero-order valence-corrected chi connectivity index (χ0v) is 16.8. The van der Waals surface area contributed by atoms with Gasteiger partial charge in [0, 0.05) is 37.8 Å². The quantitative estimate of drug-likeness (QED) is 0.632. The molecule has 2 unspecified atom stereocenters. The van der Waals surface area contributed by atoms with E-state index < -0.39 is 15.1 Å². The van der Waals surface area contributed by atoms with Gasteiger partial charge in [0.05, 0.1) is 16.3 Å². The maximum absolute atomic E-state index is 13.1. The number of fused-ring (bicyclic) bond motifs is 3. The molecule has 1 saturated heterocycles. The van der Waals surface area contributed by atoms with Gasteiger partial charge in [0.15, 0.2) is 15.7 Å². The van der Waals surface area contributed by atoms with Crippen LogP contribution in [0.3, 0.4) is 0 Å². The number of hydrogen-bond donors (Lipinski definition) is 0. The highest BCUT2D eigenvalue weighted by Crippen LogP contribution is 2.46. The molecule has 0 radical (unpaired) electrons. The molecule has 10 heteroatoms. The Morgan fingerprint density at radius 2 is 2.10 bits per heavy atom. The van der Waals surface area contributed by atoms with Crippen LogP contribution >= 0.6 is 0 Å². The molecular weight excluding hydrogens is 394 g/mol. The average Bonchev–Trinajstić information content (AvgIpc) is 3.43. The van der Waals surface area contributed by atoms with E-state index >= 15 is 0 Å². The molecular formula is C19H19N5O4S. The van der Waals surface area contributed by atoms with Crippen molar-refractivity contribution in [1.82, 2.24) is 24.8 Å². The van der Waals surface area contributed by atoms with Crippen LogP contribution in [0, 0.1) is 6.92 Å². The van der Waals surface area contributed by atoms with Crippen LogP contribution in [0.5, 0.6) is 0 Å². The normalized spacial score (nSPS) is 21.9. The SMILES string of the molecule is Cc1noc(CC(=O)N2CC3c4cc(-c5cnn(C)c5)ccc4S(=O)(=O)C3C2)n1. The standard InChI is InChI=1S/C19H19N5O4S/c1-11-21-18(28-22-11)6-19(25)24-9-15-14-5-12(13-7-20-23(2)8-13)3-4-16(14)29(26,27)17(15)10-24/h3-5,7-8,15,17H,6,9-10H2,1-2H3. The van der Waals surface area contributed by atoms with Gasteiger partial charge in [0.25, 0.3) is 0 Å². The van der Waals surface area contributed by atoms with Crippen molar-refractivity contribution < 1.29 is 17.7 Å². The minimum atomic E-state index is -3.48. The molecule has 3 aromatic rings. The van der Waals surface area contributed by atoms with Crippen molar-refractivity contribution >= 4 is 15.7 Å². The summed E-state index contributed by atoms with van der Waals surface area (Å²) >= 11 is 0. The average molecular weight is 413 g/mol. The molecule has 5 rings (SSSR count). The topological polar surface area (TPSA) is 111 Å². The van der Waals surface area contributed by atoms with E-state index in [-0.39, 0.29) is 30.7 Å². The van der Waals surface area contributed by atoms with Gasteiger partial charge in [-0.25, -0.2) is 8.42 Å². The molecule has 2 aliphatic heterocycles. The van der Waals surface area contributed by atoms with Crippen molar-refractivity contribution in [2.45, 2.75) is 29.4 Å². The number of sulfone groups is 1.